The molecular weight excluding hydrogens is 240 g/mol. The number of amides is 2. The Morgan fingerprint density at radius 1 is 1.16 bits per heavy atom. The summed E-state index contributed by atoms with van der Waals surface area (Å²) in [6.45, 7) is 0.379. The number of benzene rings is 1. The van der Waals surface area contributed by atoms with E-state index in [9.17, 15) is 9.59 Å². The maximum atomic E-state index is 12.5. The van der Waals surface area contributed by atoms with E-state index in [1.165, 1.54) is 0 Å². The van der Waals surface area contributed by atoms with Crippen molar-refractivity contribution in [3.63, 3.8) is 0 Å². The minimum absolute atomic E-state index is 0.0136. The molecule has 1 aliphatic carbocycles. The van der Waals surface area contributed by atoms with Crippen molar-refractivity contribution in [2.24, 2.45) is 11.7 Å². The molecule has 2 amide bonds. The molecule has 0 bridgehead atoms. The Balaban J connectivity index is 1.92. The summed E-state index contributed by atoms with van der Waals surface area (Å²) in [7, 11) is 0. The van der Waals surface area contributed by atoms with Crippen molar-refractivity contribution < 1.29 is 9.59 Å². The molecular formula is C15H16N2O2. The van der Waals surface area contributed by atoms with Gasteiger partial charge >= 0.3 is 0 Å². The highest BCUT2D eigenvalue weighted by molar-refractivity contribution is 6.01. The number of fused-ring (bicyclic) bond motifs is 1. The third kappa shape index (κ3) is 1.93. The van der Waals surface area contributed by atoms with E-state index >= 15 is 0 Å². The lowest BCUT2D eigenvalue weighted by Crippen LogP contribution is -2.36. The fourth-order valence-corrected chi connectivity index (χ4v) is 2.90. The molecule has 0 aromatic heterocycles. The van der Waals surface area contributed by atoms with Crippen LogP contribution in [0, 0.1) is 5.92 Å². The van der Waals surface area contributed by atoms with Crippen LogP contribution in [0.25, 0.3) is 0 Å². The Labute approximate surface area is 111 Å². The lowest BCUT2D eigenvalue weighted by molar-refractivity contribution is -0.122. The molecule has 0 saturated heterocycles. The van der Waals surface area contributed by atoms with Crippen molar-refractivity contribution in [3.8, 4) is 0 Å². The molecule has 2 N–H and O–H groups in total. The molecule has 3 rings (SSSR count). The van der Waals surface area contributed by atoms with Crippen LogP contribution in [0.5, 0.6) is 0 Å². The molecule has 4 heteroatoms. The number of primary amides is 1. The SMILES string of the molecule is NC(=O)C1CN(C(=O)C2CC=CC2)c2ccccc21. The highest BCUT2D eigenvalue weighted by Crippen LogP contribution is 2.37. The smallest absolute Gasteiger partial charge is 0.230 e. The summed E-state index contributed by atoms with van der Waals surface area (Å²) in [5.41, 5.74) is 7.15. The highest BCUT2D eigenvalue weighted by atomic mass is 16.2. The van der Waals surface area contributed by atoms with Crippen LogP contribution in [-0.4, -0.2) is 18.4 Å². The predicted octanol–water partition coefficient (Wildman–Crippen LogP) is 1.57. The number of rotatable bonds is 2. The Kier molecular flexibility index (Phi) is 2.85. The van der Waals surface area contributed by atoms with Gasteiger partial charge in [0.2, 0.25) is 11.8 Å². The van der Waals surface area contributed by atoms with Gasteiger partial charge in [-0.2, -0.15) is 0 Å². The number of nitrogens with two attached hydrogens (primary N) is 1. The summed E-state index contributed by atoms with van der Waals surface area (Å²) in [6, 6.07) is 7.53. The monoisotopic (exact) mass is 256 g/mol. The van der Waals surface area contributed by atoms with Crippen molar-refractivity contribution in [1.29, 1.82) is 0 Å². The van der Waals surface area contributed by atoms with Crippen LogP contribution in [0.3, 0.4) is 0 Å². The minimum atomic E-state index is -0.380. The summed E-state index contributed by atoms with van der Waals surface area (Å²) in [5.74, 6) is -0.636. The van der Waals surface area contributed by atoms with Crippen LogP contribution in [0.4, 0.5) is 5.69 Å². The first-order valence-electron chi connectivity index (χ1n) is 6.53. The number of carbonyl (C=O) groups is 2. The summed E-state index contributed by atoms with van der Waals surface area (Å²) >= 11 is 0. The Morgan fingerprint density at radius 3 is 2.53 bits per heavy atom. The normalized spacial score (nSPS) is 21.7. The van der Waals surface area contributed by atoms with E-state index in [1.54, 1.807) is 4.90 Å². The Bertz CT molecular complexity index is 557. The van der Waals surface area contributed by atoms with Gasteiger partial charge in [0, 0.05) is 18.2 Å². The fourth-order valence-electron chi connectivity index (χ4n) is 2.90. The second-order valence-electron chi connectivity index (χ2n) is 5.10. The van der Waals surface area contributed by atoms with Crippen LogP contribution in [0.15, 0.2) is 36.4 Å². The molecule has 98 valence electrons. The number of anilines is 1. The largest absolute Gasteiger partial charge is 0.369 e. The maximum absolute atomic E-state index is 12.5. The maximum Gasteiger partial charge on any atom is 0.230 e. The van der Waals surface area contributed by atoms with Gasteiger partial charge in [-0.25, -0.2) is 0 Å². The Hall–Kier alpha value is -2.10. The summed E-state index contributed by atoms with van der Waals surface area (Å²) in [6.07, 6.45) is 5.66. The van der Waals surface area contributed by atoms with Crippen molar-refractivity contribution in [2.45, 2.75) is 18.8 Å². The van der Waals surface area contributed by atoms with Crippen molar-refractivity contribution in [2.75, 3.05) is 11.4 Å². The highest BCUT2D eigenvalue weighted by Gasteiger charge is 2.37. The molecule has 1 aromatic carbocycles. The number of hydrogen-bond acceptors (Lipinski definition) is 2. The van der Waals surface area contributed by atoms with Gasteiger partial charge in [0.05, 0.1) is 5.92 Å². The zero-order valence-corrected chi connectivity index (χ0v) is 10.6. The molecule has 1 aliphatic heterocycles. The van der Waals surface area contributed by atoms with Crippen LogP contribution in [0.1, 0.15) is 24.3 Å². The number of carbonyl (C=O) groups excluding carboxylic acids is 2. The third-order valence-electron chi connectivity index (χ3n) is 3.93. The first-order chi connectivity index (χ1) is 9.18. The minimum Gasteiger partial charge on any atom is -0.369 e. The van der Waals surface area contributed by atoms with Crippen LogP contribution >= 0.6 is 0 Å². The standard InChI is InChI=1S/C15H16N2O2/c16-14(18)12-9-17(13-8-4-3-7-11(12)13)15(19)10-5-1-2-6-10/h1-4,7-8,10,12H,5-6,9H2,(H2,16,18). The molecule has 1 unspecified atom stereocenters. The fraction of sp³-hybridized carbons (Fsp3) is 0.333. The molecule has 2 aliphatic rings. The van der Waals surface area contributed by atoms with Crippen molar-refractivity contribution >= 4 is 17.5 Å². The van der Waals surface area contributed by atoms with Gasteiger partial charge in [0.1, 0.15) is 0 Å². The van der Waals surface area contributed by atoms with E-state index in [-0.39, 0.29) is 23.7 Å². The Morgan fingerprint density at radius 2 is 1.84 bits per heavy atom. The van der Waals surface area contributed by atoms with Gasteiger partial charge in [0.25, 0.3) is 0 Å². The third-order valence-corrected chi connectivity index (χ3v) is 3.93. The number of para-hydroxylation sites is 1. The van der Waals surface area contributed by atoms with Gasteiger partial charge < -0.3 is 10.6 Å². The number of allylic oxidation sites excluding steroid dienone is 2. The van der Waals surface area contributed by atoms with E-state index in [0.29, 0.717) is 6.54 Å². The van der Waals surface area contributed by atoms with E-state index in [1.807, 2.05) is 36.4 Å². The molecule has 4 nitrogen and oxygen atoms in total. The second kappa shape index (κ2) is 4.53. The van der Waals surface area contributed by atoms with E-state index in [4.69, 9.17) is 5.73 Å². The zero-order valence-electron chi connectivity index (χ0n) is 10.6. The average Bonchev–Trinajstić information content (AvgIpc) is 3.05. The van der Waals surface area contributed by atoms with E-state index < -0.39 is 0 Å². The van der Waals surface area contributed by atoms with Gasteiger partial charge in [-0.05, 0) is 24.5 Å². The number of hydrogen-bond donors (Lipinski definition) is 1. The van der Waals surface area contributed by atoms with Gasteiger partial charge in [-0.1, -0.05) is 30.4 Å². The molecule has 1 aromatic rings. The molecule has 1 atom stereocenters. The van der Waals surface area contributed by atoms with Crippen LogP contribution in [-0.2, 0) is 9.59 Å². The predicted molar refractivity (Wildman–Crippen MR) is 72.6 cm³/mol. The van der Waals surface area contributed by atoms with Crippen molar-refractivity contribution in [1.82, 2.24) is 0 Å². The zero-order chi connectivity index (χ0) is 13.4. The quantitative estimate of drug-likeness (QED) is 0.816. The summed E-state index contributed by atoms with van der Waals surface area (Å²) < 4.78 is 0. The first-order valence-corrected chi connectivity index (χ1v) is 6.53. The average molecular weight is 256 g/mol. The first kappa shape index (κ1) is 12.0. The molecule has 1 heterocycles. The molecule has 0 spiro atoms. The molecule has 0 saturated carbocycles. The van der Waals surface area contributed by atoms with Gasteiger partial charge in [-0.3, -0.25) is 9.59 Å². The summed E-state index contributed by atoms with van der Waals surface area (Å²) in [5, 5.41) is 0. The van der Waals surface area contributed by atoms with Gasteiger partial charge in [-0.15, -0.1) is 0 Å². The lowest BCUT2D eigenvalue weighted by atomic mass is 10.0. The summed E-state index contributed by atoms with van der Waals surface area (Å²) in [4.78, 5) is 25.8. The molecule has 19 heavy (non-hydrogen) atoms. The van der Waals surface area contributed by atoms with Gasteiger partial charge in [0.15, 0.2) is 0 Å². The van der Waals surface area contributed by atoms with Crippen LogP contribution in [0.2, 0.25) is 0 Å². The molecule has 0 fully saturated rings. The van der Waals surface area contributed by atoms with E-state index in [0.717, 1.165) is 24.1 Å². The van der Waals surface area contributed by atoms with E-state index in [2.05, 4.69) is 0 Å². The topological polar surface area (TPSA) is 63.4 Å². The number of nitrogens with zero attached hydrogens (tertiary/aromatic N) is 1. The lowest BCUT2D eigenvalue weighted by Gasteiger charge is -2.21. The second-order valence-corrected chi connectivity index (χ2v) is 5.10. The molecule has 0 radical (unpaired) electrons. The van der Waals surface area contributed by atoms with Crippen LogP contribution < -0.4 is 10.6 Å². The van der Waals surface area contributed by atoms with Crippen molar-refractivity contribution in [3.05, 3.63) is 42.0 Å².